The quantitative estimate of drug-likeness (QED) is 0.275. The van der Waals surface area contributed by atoms with E-state index >= 15 is 0 Å². The zero-order valence-corrected chi connectivity index (χ0v) is 18.5. The number of aromatic amines is 1. The number of hydrogen-bond acceptors (Lipinski definition) is 3. The molecule has 0 aliphatic carbocycles. The Kier molecular flexibility index (Phi) is 6.06. The maximum absolute atomic E-state index is 12.5. The summed E-state index contributed by atoms with van der Waals surface area (Å²) in [5.74, 6) is 0.692. The molecule has 0 radical (unpaired) electrons. The third-order valence-corrected chi connectivity index (χ3v) is 5.68. The fourth-order valence-electron chi connectivity index (χ4n) is 3.43. The number of halogens is 1. The predicted octanol–water partition coefficient (Wildman–Crippen LogP) is 5.76. The van der Waals surface area contributed by atoms with Crippen LogP contribution in [-0.4, -0.2) is 17.4 Å². The largest absolute Gasteiger partial charge is 0.457 e. The van der Waals surface area contributed by atoms with E-state index in [0.29, 0.717) is 24.5 Å². The number of amides is 1. The standard InChI is InChI=1S/C25H20BrN3O2/c1-16-6-8-21(22(26)12-16)24-9-7-19(31-24)13-18(14-27)25(30)28-11-10-17-15-29-23-5-3-2-4-20(17)23/h2-9,12-13,15,29H,10-11H2,1H3,(H,28,30)/b18-13+. The molecule has 2 heterocycles. The van der Waals surface area contributed by atoms with Crippen LogP contribution in [0.25, 0.3) is 28.3 Å². The number of para-hydroxylation sites is 1. The fraction of sp³-hybridized carbons (Fsp3) is 0.120. The Morgan fingerprint density at radius 2 is 2.06 bits per heavy atom. The van der Waals surface area contributed by atoms with E-state index in [2.05, 4.69) is 26.2 Å². The van der Waals surface area contributed by atoms with E-state index in [9.17, 15) is 10.1 Å². The molecule has 0 saturated carbocycles. The number of fused-ring (bicyclic) bond motifs is 1. The van der Waals surface area contributed by atoms with Crippen molar-refractivity contribution in [2.24, 2.45) is 0 Å². The van der Waals surface area contributed by atoms with E-state index in [1.54, 1.807) is 6.07 Å². The highest BCUT2D eigenvalue weighted by Gasteiger charge is 2.12. The summed E-state index contributed by atoms with van der Waals surface area (Å²) in [6, 6.07) is 19.5. The molecule has 0 aliphatic rings. The van der Waals surface area contributed by atoms with Crippen LogP contribution in [0.15, 0.2) is 75.3 Å². The molecule has 0 atom stereocenters. The molecule has 0 bridgehead atoms. The first-order valence-electron chi connectivity index (χ1n) is 9.86. The second-order valence-electron chi connectivity index (χ2n) is 7.22. The van der Waals surface area contributed by atoms with Gasteiger partial charge in [0.25, 0.3) is 5.91 Å². The van der Waals surface area contributed by atoms with Crippen molar-refractivity contribution in [3.8, 4) is 17.4 Å². The smallest absolute Gasteiger partial charge is 0.262 e. The summed E-state index contributed by atoms with van der Waals surface area (Å²) in [6.45, 7) is 2.45. The van der Waals surface area contributed by atoms with Crippen molar-refractivity contribution >= 4 is 38.8 Å². The van der Waals surface area contributed by atoms with Crippen molar-refractivity contribution in [1.29, 1.82) is 5.26 Å². The Hall–Kier alpha value is -3.56. The van der Waals surface area contributed by atoms with Gasteiger partial charge < -0.3 is 14.7 Å². The Morgan fingerprint density at radius 1 is 1.23 bits per heavy atom. The van der Waals surface area contributed by atoms with Crippen LogP contribution in [-0.2, 0) is 11.2 Å². The third kappa shape index (κ3) is 4.62. The minimum absolute atomic E-state index is 0.00259. The molecule has 0 fully saturated rings. The number of benzene rings is 2. The third-order valence-electron chi connectivity index (χ3n) is 5.02. The maximum atomic E-state index is 12.5. The van der Waals surface area contributed by atoms with E-state index in [4.69, 9.17) is 4.42 Å². The molecule has 154 valence electrons. The molecule has 2 N–H and O–H groups in total. The van der Waals surface area contributed by atoms with Gasteiger partial charge in [0.15, 0.2) is 0 Å². The van der Waals surface area contributed by atoms with Crippen LogP contribution in [0.4, 0.5) is 0 Å². The molecular formula is C25H20BrN3O2. The van der Waals surface area contributed by atoms with Crippen LogP contribution in [0, 0.1) is 18.3 Å². The molecule has 1 amide bonds. The second kappa shape index (κ2) is 9.07. The van der Waals surface area contributed by atoms with Gasteiger partial charge in [-0.05, 0) is 54.8 Å². The van der Waals surface area contributed by atoms with E-state index < -0.39 is 5.91 Å². The number of aryl methyl sites for hydroxylation is 1. The Bertz CT molecular complexity index is 1320. The predicted molar refractivity (Wildman–Crippen MR) is 125 cm³/mol. The molecule has 0 saturated heterocycles. The van der Waals surface area contributed by atoms with Crippen LogP contribution in [0.2, 0.25) is 0 Å². The Balaban J connectivity index is 1.43. The lowest BCUT2D eigenvalue weighted by Crippen LogP contribution is -2.26. The number of H-pyrrole nitrogens is 1. The van der Waals surface area contributed by atoms with Crippen molar-refractivity contribution in [1.82, 2.24) is 10.3 Å². The number of carbonyl (C=O) groups excluding carboxylic acids is 1. The molecule has 6 heteroatoms. The molecular weight excluding hydrogens is 454 g/mol. The average molecular weight is 474 g/mol. The van der Waals surface area contributed by atoms with Crippen molar-refractivity contribution in [2.45, 2.75) is 13.3 Å². The first-order chi connectivity index (χ1) is 15.0. The highest BCUT2D eigenvalue weighted by molar-refractivity contribution is 9.10. The number of furan rings is 1. The fourth-order valence-corrected chi connectivity index (χ4v) is 4.12. The SMILES string of the molecule is Cc1ccc(-c2ccc(/C=C(\C#N)C(=O)NCCc3c[nH]c4ccccc34)o2)c(Br)c1. The van der Waals surface area contributed by atoms with Crippen molar-refractivity contribution < 1.29 is 9.21 Å². The van der Waals surface area contributed by atoms with Gasteiger partial charge in [0.2, 0.25) is 0 Å². The van der Waals surface area contributed by atoms with E-state index in [-0.39, 0.29) is 5.57 Å². The van der Waals surface area contributed by atoms with Gasteiger partial charge >= 0.3 is 0 Å². The Labute approximate surface area is 188 Å². The summed E-state index contributed by atoms with van der Waals surface area (Å²) >= 11 is 3.55. The van der Waals surface area contributed by atoms with Gasteiger partial charge in [-0.25, -0.2) is 0 Å². The van der Waals surface area contributed by atoms with Gasteiger partial charge in [0.05, 0.1) is 0 Å². The van der Waals surface area contributed by atoms with Gasteiger partial charge in [-0.15, -0.1) is 0 Å². The van der Waals surface area contributed by atoms with Gasteiger partial charge in [0, 0.05) is 39.8 Å². The normalized spacial score (nSPS) is 11.5. The van der Waals surface area contributed by atoms with Crippen LogP contribution in [0.3, 0.4) is 0 Å². The molecule has 31 heavy (non-hydrogen) atoms. The zero-order valence-electron chi connectivity index (χ0n) is 16.9. The summed E-state index contributed by atoms with van der Waals surface area (Å²) in [5, 5.41) is 13.4. The van der Waals surface area contributed by atoms with Crippen LogP contribution in [0.5, 0.6) is 0 Å². The minimum Gasteiger partial charge on any atom is -0.457 e. The lowest BCUT2D eigenvalue weighted by Gasteiger charge is -2.04. The molecule has 0 unspecified atom stereocenters. The summed E-state index contributed by atoms with van der Waals surface area (Å²) in [6.07, 6.45) is 4.08. The first-order valence-corrected chi connectivity index (χ1v) is 10.7. The lowest BCUT2D eigenvalue weighted by atomic mass is 10.1. The van der Waals surface area contributed by atoms with Gasteiger partial charge in [-0.3, -0.25) is 4.79 Å². The highest BCUT2D eigenvalue weighted by Crippen LogP contribution is 2.31. The van der Waals surface area contributed by atoms with Crippen molar-refractivity contribution in [2.75, 3.05) is 6.54 Å². The summed E-state index contributed by atoms with van der Waals surface area (Å²) in [4.78, 5) is 15.7. The van der Waals surface area contributed by atoms with Crippen LogP contribution < -0.4 is 5.32 Å². The second-order valence-corrected chi connectivity index (χ2v) is 8.07. The number of nitrogens with zero attached hydrogens (tertiary/aromatic N) is 1. The van der Waals surface area contributed by atoms with Gasteiger partial charge in [0.1, 0.15) is 23.2 Å². The van der Waals surface area contributed by atoms with Crippen LogP contribution >= 0.6 is 15.9 Å². The van der Waals surface area contributed by atoms with Gasteiger partial charge in [-0.1, -0.05) is 40.2 Å². The van der Waals surface area contributed by atoms with E-state index in [1.165, 1.54) is 6.08 Å². The summed E-state index contributed by atoms with van der Waals surface area (Å²) < 4.78 is 6.77. The van der Waals surface area contributed by atoms with Crippen LogP contribution in [0.1, 0.15) is 16.9 Å². The molecule has 4 aromatic rings. The molecule has 0 spiro atoms. The summed E-state index contributed by atoms with van der Waals surface area (Å²) in [5.41, 5.74) is 4.24. The van der Waals surface area contributed by atoms with Crippen molar-refractivity contribution in [3.63, 3.8) is 0 Å². The van der Waals surface area contributed by atoms with Crippen molar-refractivity contribution in [3.05, 3.63) is 87.7 Å². The number of aromatic nitrogens is 1. The molecule has 2 aromatic carbocycles. The maximum Gasteiger partial charge on any atom is 0.262 e. The average Bonchev–Trinajstić information content (AvgIpc) is 3.39. The highest BCUT2D eigenvalue weighted by atomic mass is 79.9. The number of nitrogens with one attached hydrogen (secondary N) is 2. The number of rotatable bonds is 6. The molecule has 5 nitrogen and oxygen atoms in total. The molecule has 4 rings (SSSR count). The lowest BCUT2D eigenvalue weighted by molar-refractivity contribution is -0.117. The van der Waals surface area contributed by atoms with E-state index in [1.807, 2.05) is 67.7 Å². The number of nitriles is 1. The van der Waals surface area contributed by atoms with Gasteiger partial charge in [-0.2, -0.15) is 5.26 Å². The topological polar surface area (TPSA) is 81.8 Å². The van der Waals surface area contributed by atoms with E-state index in [0.717, 1.165) is 32.1 Å². The minimum atomic E-state index is -0.420. The molecule has 2 aromatic heterocycles. The monoisotopic (exact) mass is 473 g/mol. The summed E-state index contributed by atoms with van der Waals surface area (Å²) in [7, 11) is 0. The zero-order chi connectivity index (χ0) is 21.8. The first kappa shape index (κ1) is 20.7. The number of carbonyl (C=O) groups is 1. The molecule has 0 aliphatic heterocycles. The Morgan fingerprint density at radius 3 is 2.87 bits per heavy atom. The number of hydrogen-bond donors (Lipinski definition) is 2.